The maximum absolute atomic E-state index is 12.9. The fourth-order valence-corrected chi connectivity index (χ4v) is 3.62. The van der Waals surface area contributed by atoms with Gasteiger partial charge in [0.25, 0.3) is 5.91 Å². The van der Waals surface area contributed by atoms with Crippen molar-refractivity contribution in [3.8, 4) is 11.3 Å². The maximum Gasteiger partial charge on any atom is 0.254 e. The van der Waals surface area contributed by atoms with Crippen LogP contribution in [0.4, 0.5) is 0 Å². The van der Waals surface area contributed by atoms with Crippen LogP contribution in [0.2, 0.25) is 0 Å². The van der Waals surface area contributed by atoms with Gasteiger partial charge in [-0.2, -0.15) is 4.73 Å². The van der Waals surface area contributed by atoms with Crippen LogP contribution in [0.1, 0.15) is 27.9 Å². The Kier molecular flexibility index (Phi) is 5.30. The minimum Gasteiger partial charge on any atom is -0.618 e. The molecule has 0 radical (unpaired) electrons. The smallest absolute Gasteiger partial charge is 0.254 e. The molecule has 30 heavy (non-hydrogen) atoms. The van der Waals surface area contributed by atoms with Gasteiger partial charge in [-0.25, -0.2) is 0 Å². The van der Waals surface area contributed by atoms with Crippen molar-refractivity contribution in [2.24, 2.45) is 5.73 Å². The van der Waals surface area contributed by atoms with E-state index >= 15 is 0 Å². The number of aromatic nitrogens is 1. The number of benzene rings is 2. The van der Waals surface area contributed by atoms with Crippen molar-refractivity contribution < 1.29 is 9.52 Å². The van der Waals surface area contributed by atoms with Crippen molar-refractivity contribution in [3.63, 3.8) is 0 Å². The quantitative estimate of drug-likeness (QED) is 0.306. The molecule has 1 amide bonds. The molecule has 1 aliphatic rings. The molecule has 1 aromatic heterocycles. The lowest BCUT2D eigenvalue weighted by Crippen LogP contribution is -2.34. The number of nitrogens with zero attached hydrogens (tertiary/aromatic N) is 2. The summed E-state index contributed by atoms with van der Waals surface area (Å²) in [5, 5.41) is 19.5. The zero-order valence-corrected chi connectivity index (χ0v) is 16.4. The number of carbonyl (C=O) groups is 1. The SMILES string of the molecule is N=C(N)c1cccc(C2=CCN(C(=O)c3ccc(-c4cccc[n+]4[O-])cc3)CC2)c1. The highest BCUT2D eigenvalue weighted by molar-refractivity contribution is 5.96. The lowest BCUT2D eigenvalue weighted by molar-refractivity contribution is -0.593. The minimum absolute atomic E-state index is 0.0302. The van der Waals surface area contributed by atoms with Gasteiger partial charge in [0.2, 0.25) is 5.69 Å². The number of nitrogens with one attached hydrogen (secondary N) is 1. The molecule has 150 valence electrons. The van der Waals surface area contributed by atoms with Crippen LogP contribution in [0.25, 0.3) is 16.8 Å². The number of hydrogen-bond acceptors (Lipinski definition) is 3. The van der Waals surface area contributed by atoms with E-state index in [4.69, 9.17) is 11.1 Å². The minimum atomic E-state index is -0.0302. The highest BCUT2D eigenvalue weighted by atomic mass is 16.5. The van der Waals surface area contributed by atoms with Crippen molar-refractivity contribution in [3.05, 3.63) is 101 Å². The van der Waals surface area contributed by atoms with E-state index < -0.39 is 0 Å². The average molecular weight is 398 g/mol. The number of nitrogens with two attached hydrogens (primary N) is 1. The normalized spacial score (nSPS) is 13.6. The van der Waals surface area contributed by atoms with E-state index in [9.17, 15) is 10.0 Å². The highest BCUT2D eigenvalue weighted by Gasteiger charge is 2.20. The summed E-state index contributed by atoms with van der Waals surface area (Å²) >= 11 is 0. The Morgan fingerprint density at radius 1 is 1.00 bits per heavy atom. The van der Waals surface area contributed by atoms with Gasteiger partial charge in [-0.3, -0.25) is 10.2 Å². The van der Waals surface area contributed by atoms with Crippen molar-refractivity contribution in [1.82, 2.24) is 4.90 Å². The van der Waals surface area contributed by atoms with E-state index in [-0.39, 0.29) is 11.7 Å². The number of hydrogen-bond donors (Lipinski definition) is 2. The van der Waals surface area contributed by atoms with Crippen molar-refractivity contribution in [2.45, 2.75) is 6.42 Å². The van der Waals surface area contributed by atoms with Gasteiger partial charge in [-0.15, -0.1) is 0 Å². The van der Waals surface area contributed by atoms with Gasteiger partial charge < -0.3 is 15.8 Å². The van der Waals surface area contributed by atoms with E-state index in [1.807, 2.05) is 35.2 Å². The zero-order chi connectivity index (χ0) is 21.1. The largest absolute Gasteiger partial charge is 0.618 e. The molecule has 4 rings (SSSR count). The average Bonchev–Trinajstić information content (AvgIpc) is 2.79. The molecule has 0 aliphatic carbocycles. The zero-order valence-electron chi connectivity index (χ0n) is 16.4. The summed E-state index contributed by atoms with van der Waals surface area (Å²) in [5.41, 5.74) is 10.4. The molecule has 2 heterocycles. The van der Waals surface area contributed by atoms with Gasteiger partial charge >= 0.3 is 0 Å². The first-order valence-electron chi connectivity index (χ1n) is 9.75. The Bertz CT molecular complexity index is 1140. The molecule has 1 aliphatic heterocycles. The van der Waals surface area contributed by atoms with E-state index in [0.29, 0.717) is 29.9 Å². The lowest BCUT2D eigenvalue weighted by atomic mass is 9.97. The molecule has 3 N–H and O–H groups in total. The summed E-state index contributed by atoms with van der Waals surface area (Å²) in [6.07, 6.45) is 4.25. The van der Waals surface area contributed by atoms with Gasteiger partial charge in [-0.05, 0) is 54.0 Å². The monoisotopic (exact) mass is 398 g/mol. The van der Waals surface area contributed by atoms with E-state index in [1.165, 1.54) is 6.20 Å². The summed E-state index contributed by atoms with van der Waals surface area (Å²) in [5.74, 6) is 0.0175. The Morgan fingerprint density at radius 2 is 1.80 bits per heavy atom. The van der Waals surface area contributed by atoms with Crippen molar-refractivity contribution in [2.75, 3.05) is 13.1 Å². The molecule has 6 nitrogen and oxygen atoms in total. The molecular formula is C24H22N4O2. The maximum atomic E-state index is 12.9. The standard InChI is InChI=1S/C24H22N4O2/c25-23(26)21-5-3-4-20(16-21)17-11-14-27(15-12-17)24(29)19-9-7-18(8-10-19)22-6-1-2-13-28(22)30/h1-11,13,16H,12,14-15H2,(H3,25,26). The van der Waals surface area contributed by atoms with Crippen molar-refractivity contribution in [1.29, 1.82) is 5.41 Å². The fraction of sp³-hybridized carbons (Fsp3) is 0.125. The van der Waals surface area contributed by atoms with Crippen LogP contribution >= 0.6 is 0 Å². The van der Waals surface area contributed by atoms with Crippen LogP contribution in [0.15, 0.2) is 79.0 Å². The molecule has 2 aromatic carbocycles. The third-order valence-electron chi connectivity index (χ3n) is 5.29. The number of pyridine rings is 1. The van der Waals surface area contributed by atoms with Crippen LogP contribution in [0.5, 0.6) is 0 Å². The number of nitrogen functional groups attached to an aromatic ring is 1. The second-order valence-corrected chi connectivity index (χ2v) is 7.21. The molecule has 0 bridgehead atoms. The number of amides is 1. The predicted octanol–water partition coefficient (Wildman–Crippen LogP) is 3.20. The van der Waals surface area contributed by atoms with E-state index in [0.717, 1.165) is 27.9 Å². The Hall–Kier alpha value is -3.93. The van der Waals surface area contributed by atoms with Crippen LogP contribution < -0.4 is 10.5 Å². The van der Waals surface area contributed by atoms with Crippen molar-refractivity contribution >= 4 is 17.3 Å². The molecular weight excluding hydrogens is 376 g/mol. The summed E-state index contributed by atoms with van der Waals surface area (Å²) in [4.78, 5) is 14.7. The van der Waals surface area contributed by atoms with Gasteiger partial charge in [0.05, 0.1) is 0 Å². The number of amidine groups is 1. The summed E-state index contributed by atoms with van der Waals surface area (Å²) in [7, 11) is 0. The van der Waals surface area contributed by atoms with Crippen LogP contribution in [-0.2, 0) is 0 Å². The van der Waals surface area contributed by atoms with Gasteiger partial charge in [0.1, 0.15) is 5.84 Å². The second-order valence-electron chi connectivity index (χ2n) is 7.21. The van der Waals surface area contributed by atoms with E-state index in [1.54, 1.807) is 36.4 Å². The fourth-order valence-electron chi connectivity index (χ4n) is 3.62. The lowest BCUT2D eigenvalue weighted by Gasteiger charge is -2.27. The summed E-state index contributed by atoms with van der Waals surface area (Å²) < 4.78 is 0.814. The molecule has 3 aromatic rings. The Morgan fingerprint density at radius 3 is 2.47 bits per heavy atom. The molecule has 0 fully saturated rings. The molecule has 0 unspecified atom stereocenters. The molecule has 0 saturated heterocycles. The van der Waals surface area contributed by atoms with Gasteiger partial charge in [0, 0.05) is 41.9 Å². The summed E-state index contributed by atoms with van der Waals surface area (Å²) in [6, 6.07) is 20.0. The first-order valence-corrected chi connectivity index (χ1v) is 9.75. The third kappa shape index (κ3) is 3.93. The Labute approximate surface area is 175 Å². The first-order chi connectivity index (χ1) is 14.5. The van der Waals surface area contributed by atoms with Gasteiger partial charge in [-0.1, -0.05) is 24.3 Å². The third-order valence-corrected chi connectivity index (χ3v) is 5.29. The highest BCUT2D eigenvalue weighted by Crippen LogP contribution is 2.24. The van der Waals surface area contributed by atoms with Crippen LogP contribution in [0.3, 0.4) is 0 Å². The predicted molar refractivity (Wildman–Crippen MR) is 117 cm³/mol. The second kappa shape index (κ2) is 8.21. The van der Waals surface area contributed by atoms with Crippen LogP contribution in [0, 0.1) is 10.6 Å². The van der Waals surface area contributed by atoms with Crippen LogP contribution in [-0.4, -0.2) is 29.7 Å². The topological polar surface area (TPSA) is 97.1 Å². The first kappa shape index (κ1) is 19.4. The number of rotatable bonds is 4. The molecule has 0 spiro atoms. The molecule has 0 saturated carbocycles. The molecule has 6 heteroatoms. The molecule has 0 atom stereocenters. The summed E-state index contributed by atoms with van der Waals surface area (Å²) in [6.45, 7) is 1.15. The number of carbonyl (C=O) groups excluding carboxylic acids is 1. The Balaban J connectivity index is 1.47. The van der Waals surface area contributed by atoms with E-state index in [2.05, 4.69) is 6.08 Å². The van der Waals surface area contributed by atoms with Gasteiger partial charge in [0.15, 0.2) is 6.20 Å².